The average Bonchev–Trinajstić information content (AvgIpc) is 2.52. The molecule has 0 fully saturated rings. The van der Waals surface area contributed by atoms with E-state index in [2.05, 4.69) is 4.98 Å². The second-order valence-corrected chi connectivity index (χ2v) is 5.41. The van der Waals surface area contributed by atoms with Crippen LogP contribution in [0.1, 0.15) is 21.5 Å². The van der Waals surface area contributed by atoms with Crippen LogP contribution in [-0.4, -0.2) is 16.1 Å². The highest BCUT2D eigenvalue weighted by Crippen LogP contribution is 2.30. The van der Waals surface area contributed by atoms with Gasteiger partial charge in [-0.1, -0.05) is 12.1 Å². The van der Waals surface area contributed by atoms with Crippen LogP contribution in [0.2, 0.25) is 0 Å². The highest BCUT2D eigenvalue weighted by Gasteiger charge is 2.18. The SMILES string of the molecule is Cc1ccc(C)c2c(C(=O)O)cc(-c3cc(F)ccc3F)nc12. The van der Waals surface area contributed by atoms with Gasteiger partial charge < -0.3 is 5.11 Å². The summed E-state index contributed by atoms with van der Waals surface area (Å²) in [6.07, 6.45) is 0. The van der Waals surface area contributed by atoms with Crippen molar-refractivity contribution in [1.82, 2.24) is 4.98 Å². The second-order valence-electron chi connectivity index (χ2n) is 5.41. The first-order valence-corrected chi connectivity index (χ1v) is 6.98. The van der Waals surface area contributed by atoms with Gasteiger partial charge in [0, 0.05) is 10.9 Å². The van der Waals surface area contributed by atoms with Crippen LogP contribution in [0.5, 0.6) is 0 Å². The van der Waals surface area contributed by atoms with E-state index in [1.165, 1.54) is 6.07 Å². The van der Waals surface area contributed by atoms with Gasteiger partial charge in [0.25, 0.3) is 0 Å². The smallest absolute Gasteiger partial charge is 0.336 e. The zero-order chi connectivity index (χ0) is 16.7. The maximum absolute atomic E-state index is 14.0. The molecule has 2 aromatic carbocycles. The highest BCUT2D eigenvalue weighted by atomic mass is 19.1. The van der Waals surface area contributed by atoms with Gasteiger partial charge in [0.05, 0.1) is 16.8 Å². The Morgan fingerprint density at radius 3 is 2.43 bits per heavy atom. The van der Waals surface area contributed by atoms with Crippen molar-refractivity contribution in [2.24, 2.45) is 0 Å². The summed E-state index contributed by atoms with van der Waals surface area (Å²) in [6.45, 7) is 3.59. The van der Waals surface area contributed by atoms with E-state index in [9.17, 15) is 18.7 Å². The molecular formula is C18H13F2NO2. The molecule has 0 amide bonds. The average molecular weight is 313 g/mol. The lowest BCUT2D eigenvalue weighted by Gasteiger charge is -2.12. The molecule has 0 aliphatic heterocycles. The molecule has 1 aromatic heterocycles. The van der Waals surface area contributed by atoms with Crippen LogP contribution >= 0.6 is 0 Å². The minimum absolute atomic E-state index is 0.0230. The van der Waals surface area contributed by atoms with Crippen molar-refractivity contribution in [2.45, 2.75) is 13.8 Å². The largest absolute Gasteiger partial charge is 0.478 e. The van der Waals surface area contributed by atoms with Gasteiger partial charge in [-0.25, -0.2) is 18.6 Å². The van der Waals surface area contributed by atoms with E-state index in [0.717, 1.165) is 29.3 Å². The van der Waals surface area contributed by atoms with Crippen LogP contribution in [0.15, 0.2) is 36.4 Å². The molecule has 0 unspecified atom stereocenters. The number of aromatic nitrogens is 1. The molecule has 0 spiro atoms. The van der Waals surface area contributed by atoms with E-state index < -0.39 is 17.6 Å². The van der Waals surface area contributed by atoms with E-state index in [-0.39, 0.29) is 16.8 Å². The number of nitrogens with zero attached hydrogens (tertiary/aromatic N) is 1. The molecule has 0 aliphatic carbocycles. The van der Waals surface area contributed by atoms with E-state index in [4.69, 9.17) is 0 Å². The van der Waals surface area contributed by atoms with Crippen molar-refractivity contribution in [3.8, 4) is 11.3 Å². The number of carboxylic acid groups (broad SMARTS) is 1. The fourth-order valence-electron chi connectivity index (χ4n) is 2.64. The molecule has 3 nitrogen and oxygen atoms in total. The Labute approximate surface area is 131 Å². The number of aryl methyl sites for hydroxylation is 2. The summed E-state index contributed by atoms with van der Waals surface area (Å²) >= 11 is 0. The summed E-state index contributed by atoms with van der Waals surface area (Å²) in [5.74, 6) is -2.40. The summed E-state index contributed by atoms with van der Waals surface area (Å²) < 4.78 is 27.5. The van der Waals surface area contributed by atoms with Crippen LogP contribution < -0.4 is 0 Å². The summed E-state index contributed by atoms with van der Waals surface area (Å²) in [6, 6.07) is 7.94. The van der Waals surface area contributed by atoms with E-state index in [0.29, 0.717) is 10.9 Å². The van der Waals surface area contributed by atoms with Crippen molar-refractivity contribution in [3.63, 3.8) is 0 Å². The number of hydrogen-bond acceptors (Lipinski definition) is 2. The van der Waals surface area contributed by atoms with Crippen LogP contribution in [0.3, 0.4) is 0 Å². The number of fused-ring (bicyclic) bond motifs is 1. The Kier molecular flexibility index (Phi) is 3.56. The third-order valence-corrected chi connectivity index (χ3v) is 3.81. The predicted molar refractivity (Wildman–Crippen MR) is 83.5 cm³/mol. The lowest BCUT2D eigenvalue weighted by atomic mass is 9.98. The normalized spacial score (nSPS) is 11.0. The Hall–Kier alpha value is -2.82. The van der Waals surface area contributed by atoms with Gasteiger partial charge in [-0.15, -0.1) is 0 Å². The lowest BCUT2D eigenvalue weighted by molar-refractivity contribution is 0.0699. The minimum atomic E-state index is -1.14. The van der Waals surface area contributed by atoms with Crippen molar-refractivity contribution in [3.05, 3.63) is 64.7 Å². The van der Waals surface area contributed by atoms with Crippen molar-refractivity contribution < 1.29 is 18.7 Å². The predicted octanol–water partition coefficient (Wildman–Crippen LogP) is 4.50. The Balaban J connectivity index is 2.42. The summed E-state index contributed by atoms with van der Waals surface area (Å²) in [4.78, 5) is 16.0. The zero-order valence-corrected chi connectivity index (χ0v) is 12.5. The number of pyridine rings is 1. The van der Waals surface area contributed by atoms with Gasteiger partial charge in [0.1, 0.15) is 11.6 Å². The maximum Gasteiger partial charge on any atom is 0.336 e. The van der Waals surface area contributed by atoms with Crippen molar-refractivity contribution >= 4 is 16.9 Å². The molecule has 1 heterocycles. The van der Waals surface area contributed by atoms with Crippen LogP contribution in [-0.2, 0) is 0 Å². The monoisotopic (exact) mass is 313 g/mol. The maximum atomic E-state index is 14.0. The summed E-state index contributed by atoms with van der Waals surface area (Å²) in [7, 11) is 0. The summed E-state index contributed by atoms with van der Waals surface area (Å²) in [5, 5.41) is 10.0. The fraction of sp³-hybridized carbons (Fsp3) is 0.111. The van der Waals surface area contributed by atoms with Gasteiger partial charge in [-0.2, -0.15) is 0 Å². The van der Waals surface area contributed by atoms with Crippen molar-refractivity contribution in [2.75, 3.05) is 0 Å². The third-order valence-electron chi connectivity index (χ3n) is 3.81. The first-order chi connectivity index (χ1) is 10.9. The zero-order valence-electron chi connectivity index (χ0n) is 12.5. The topological polar surface area (TPSA) is 50.2 Å². The Bertz CT molecular complexity index is 951. The molecular weight excluding hydrogens is 300 g/mol. The molecule has 3 aromatic rings. The first kappa shape index (κ1) is 15.1. The summed E-state index contributed by atoms with van der Waals surface area (Å²) in [5.41, 5.74) is 2.07. The highest BCUT2D eigenvalue weighted by molar-refractivity contribution is 6.05. The van der Waals surface area contributed by atoms with Crippen molar-refractivity contribution in [1.29, 1.82) is 0 Å². The number of aromatic carboxylic acids is 1. The molecule has 0 saturated heterocycles. The number of halogens is 2. The van der Waals surface area contributed by atoms with Crippen LogP contribution in [0.4, 0.5) is 8.78 Å². The standard InChI is InChI=1S/C18H13F2NO2/c1-9-3-4-10(2)17-16(9)13(18(22)23)8-15(21-17)12-7-11(19)5-6-14(12)20/h3-8H,1-2H3,(H,22,23). The number of carboxylic acids is 1. The number of hydrogen-bond donors (Lipinski definition) is 1. The third kappa shape index (κ3) is 2.54. The minimum Gasteiger partial charge on any atom is -0.478 e. The molecule has 1 N–H and O–H groups in total. The molecule has 3 rings (SSSR count). The van der Waals surface area contributed by atoms with Gasteiger partial charge in [0.15, 0.2) is 0 Å². The Morgan fingerprint density at radius 2 is 1.74 bits per heavy atom. The number of carbonyl (C=O) groups is 1. The molecule has 0 saturated carbocycles. The quantitative estimate of drug-likeness (QED) is 0.758. The second kappa shape index (κ2) is 5.43. The van der Waals surface area contributed by atoms with Gasteiger partial charge in [0.2, 0.25) is 0 Å². The molecule has 0 atom stereocenters. The Morgan fingerprint density at radius 1 is 1.04 bits per heavy atom. The fourth-order valence-corrected chi connectivity index (χ4v) is 2.64. The molecule has 0 bridgehead atoms. The molecule has 0 aliphatic rings. The molecule has 5 heteroatoms. The van der Waals surface area contributed by atoms with E-state index in [1.54, 1.807) is 13.8 Å². The first-order valence-electron chi connectivity index (χ1n) is 6.98. The number of rotatable bonds is 2. The van der Waals surface area contributed by atoms with Crippen LogP contribution in [0.25, 0.3) is 22.2 Å². The number of benzene rings is 2. The van der Waals surface area contributed by atoms with Crippen LogP contribution in [0, 0.1) is 25.5 Å². The van der Waals surface area contributed by atoms with Gasteiger partial charge in [-0.05, 0) is 49.2 Å². The van der Waals surface area contributed by atoms with Gasteiger partial charge >= 0.3 is 5.97 Å². The lowest BCUT2D eigenvalue weighted by Crippen LogP contribution is -2.03. The molecule has 116 valence electrons. The molecule has 0 radical (unpaired) electrons. The van der Waals surface area contributed by atoms with Gasteiger partial charge in [-0.3, -0.25) is 0 Å². The molecule has 23 heavy (non-hydrogen) atoms. The van der Waals surface area contributed by atoms with E-state index in [1.807, 2.05) is 12.1 Å². The van der Waals surface area contributed by atoms with E-state index >= 15 is 0 Å².